The molecule has 1 aliphatic carbocycles. The average molecular weight is 280 g/mol. The Balaban J connectivity index is 2.24. The second-order valence-electron chi connectivity index (χ2n) is 5.05. The van der Waals surface area contributed by atoms with E-state index in [9.17, 15) is 27.9 Å². The molecule has 19 heavy (non-hydrogen) atoms. The van der Waals surface area contributed by atoms with E-state index in [0.29, 0.717) is 0 Å². The number of halogens is 3. The summed E-state index contributed by atoms with van der Waals surface area (Å²) in [4.78, 5) is 24.9. The summed E-state index contributed by atoms with van der Waals surface area (Å²) in [5.41, 5.74) is 0. The Morgan fingerprint density at radius 1 is 1.26 bits per heavy atom. The fourth-order valence-electron chi connectivity index (χ4n) is 2.73. The summed E-state index contributed by atoms with van der Waals surface area (Å²) in [5, 5.41) is 9.54. The molecule has 1 saturated carbocycles. The summed E-state index contributed by atoms with van der Waals surface area (Å²) in [5.74, 6) is -2.20. The van der Waals surface area contributed by atoms with Gasteiger partial charge < -0.3 is 10.0 Å². The number of amides is 3. The van der Waals surface area contributed by atoms with Crippen LogP contribution in [0.15, 0.2) is 0 Å². The van der Waals surface area contributed by atoms with E-state index in [1.807, 2.05) is 0 Å². The monoisotopic (exact) mass is 280 g/mol. The van der Waals surface area contributed by atoms with Crippen molar-refractivity contribution in [2.45, 2.75) is 37.6 Å². The molecular formula is C11H15F3N2O3. The minimum Gasteiger partial charge on any atom is -0.393 e. The minimum absolute atomic E-state index is 0.0620. The summed E-state index contributed by atoms with van der Waals surface area (Å²) in [7, 11) is 1.24. The highest BCUT2D eigenvalue weighted by molar-refractivity contribution is 6.01. The molecule has 1 aliphatic heterocycles. The lowest BCUT2D eigenvalue weighted by molar-refractivity contribution is -0.201. The summed E-state index contributed by atoms with van der Waals surface area (Å²) in [6, 6.07) is -1.89. The third-order valence-corrected chi connectivity index (χ3v) is 3.82. The molecule has 1 N–H and O–H groups in total. The molecule has 1 saturated heterocycles. The molecule has 0 aromatic rings. The van der Waals surface area contributed by atoms with E-state index in [1.54, 1.807) is 0 Å². The molecule has 0 aromatic heterocycles. The number of carbonyl (C=O) groups is 2. The Morgan fingerprint density at radius 3 is 2.37 bits per heavy atom. The van der Waals surface area contributed by atoms with Gasteiger partial charge in [-0.25, -0.2) is 4.79 Å². The lowest BCUT2D eigenvalue weighted by Gasteiger charge is -2.39. The molecule has 3 atom stereocenters. The highest BCUT2D eigenvalue weighted by Gasteiger charge is 2.52. The van der Waals surface area contributed by atoms with E-state index in [0.717, 1.165) is 9.80 Å². The zero-order valence-corrected chi connectivity index (χ0v) is 10.4. The summed E-state index contributed by atoms with van der Waals surface area (Å²) < 4.78 is 38.9. The molecule has 0 spiro atoms. The molecule has 8 heteroatoms. The second-order valence-corrected chi connectivity index (χ2v) is 5.05. The van der Waals surface area contributed by atoms with Crippen molar-refractivity contribution in [1.82, 2.24) is 9.80 Å². The lowest BCUT2D eigenvalue weighted by Crippen LogP contribution is -2.51. The first kappa shape index (κ1) is 14.1. The molecule has 3 amide bonds. The molecule has 3 unspecified atom stereocenters. The van der Waals surface area contributed by atoms with Gasteiger partial charge in [-0.05, 0) is 19.3 Å². The van der Waals surface area contributed by atoms with Crippen LogP contribution in [0.4, 0.5) is 18.0 Å². The zero-order chi connectivity index (χ0) is 14.4. The number of carbonyl (C=O) groups excluding carboxylic acids is 2. The number of likely N-dealkylation sites (N-methyl/N-ethyl adjacent to an activating group) is 1. The summed E-state index contributed by atoms with van der Waals surface area (Å²) >= 11 is 0. The van der Waals surface area contributed by atoms with Crippen molar-refractivity contribution in [1.29, 1.82) is 0 Å². The topological polar surface area (TPSA) is 60.9 Å². The maximum absolute atomic E-state index is 13.0. The number of nitrogens with zero attached hydrogens (tertiary/aromatic N) is 2. The number of aliphatic hydroxyl groups is 1. The minimum atomic E-state index is -4.44. The Labute approximate surface area is 108 Å². The van der Waals surface area contributed by atoms with Gasteiger partial charge in [-0.2, -0.15) is 13.2 Å². The van der Waals surface area contributed by atoms with Gasteiger partial charge in [-0.1, -0.05) is 0 Å². The van der Waals surface area contributed by atoms with Gasteiger partial charge in [-0.3, -0.25) is 9.69 Å². The van der Waals surface area contributed by atoms with Crippen LogP contribution in [-0.4, -0.2) is 58.8 Å². The van der Waals surface area contributed by atoms with Crippen molar-refractivity contribution in [3.8, 4) is 0 Å². The standard InChI is InChI=1S/C11H15F3N2O3/c1-15-9(18)5-16(10(15)19)8-4-6(17)2-3-7(8)11(12,13)14/h6-8,17H,2-5H2,1H3. The van der Waals surface area contributed by atoms with Crippen molar-refractivity contribution in [2.24, 2.45) is 5.92 Å². The van der Waals surface area contributed by atoms with Crippen molar-refractivity contribution < 1.29 is 27.9 Å². The molecule has 1 heterocycles. The third kappa shape index (κ3) is 2.54. The van der Waals surface area contributed by atoms with Gasteiger partial charge in [0.2, 0.25) is 5.91 Å². The first-order chi connectivity index (χ1) is 8.71. The van der Waals surface area contributed by atoms with Gasteiger partial charge in [0.1, 0.15) is 6.54 Å². The molecule has 0 aromatic carbocycles. The smallest absolute Gasteiger partial charge is 0.393 e. The van der Waals surface area contributed by atoms with Crippen LogP contribution in [0.2, 0.25) is 0 Å². The molecule has 2 fully saturated rings. The number of hydrogen-bond acceptors (Lipinski definition) is 3. The maximum Gasteiger partial charge on any atom is 0.393 e. The van der Waals surface area contributed by atoms with Crippen molar-refractivity contribution in [2.75, 3.05) is 13.6 Å². The summed E-state index contributed by atoms with van der Waals surface area (Å²) in [6.07, 6.45) is -5.60. The number of urea groups is 1. The van der Waals surface area contributed by atoms with Gasteiger partial charge in [0.05, 0.1) is 12.0 Å². The number of imide groups is 1. The first-order valence-electron chi connectivity index (χ1n) is 6.03. The Bertz CT molecular complexity index is 399. The van der Waals surface area contributed by atoms with Crippen LogP contribution in [0, 0.1) is 5.92 Å². The maximum atomic E-state index is 13.0. The van der Waals surface area contributed by atoms with Gasteiger partial charge >= 0.3 is 12.2 Å². The second kappa shape index (κ2) is 4.66. The number of alkyl halides is 3. The quantitative estimate of drug-likeness (QED) is 0.728. The number of rotatable bonds is 1. The van der Waals surface area contributed by atoms with E-state index in [1.165, 1.54) is 7.05 Å². The number of hydrogen-bond donors (Lipinski definition) is 1. The van der Waals surface area contributed by atoms with E-state index < -0.39 is 36.2 Å². The predicted molar refractivity (Wildman–Crippen MR) is 58.1 cm³/mol. The molecule has 5 nitrogen and oxygen atoms in total. The van der Waals surface area contributed by atoms with Crippen molar-refractivity contribution in [3.05, 3.63) is 0 Å². The molecule has 108 valence electrons. The summed E-state index contributed by atoms with van der Waals surface area (Å²) in [6.45, 7) is -0.348. The zero-order valence-electron chi connectivity index (χ0n) is 10.4. The van der Waals surface area contributed by atoms with Crippen LogP contribution in [0.3, 0.4) is 0 Å². The largest absolute Gasteiger partial charge is 0.393 e. The van der Waals surface area contributed by atoms with Gasteiger partial charge in [0.15, 0.2) is 0 Å². The Kier molecular flexibility index (Phi) is 3.46. The fourth-order valence-corrected chi connectivity index (χ4v) is 2.73. The van der Waals surface area contributed by atoms with E-state index in [4.69, 9.17) is 0 Å². The van der Waals surface area contributed by atoms with E-state index >= 15 is 0 Å². The SMILES string of the molecule is CN1C(=O)CN(C2CC(O)CCC2C(F)(F)F)C1=O. The molecule has 0 radical (unpaired) electrons. The molecule has 2 rings (SSSR count). The van der Waals surface area contributed by atoms with Gasteiger partial charge in [0, 0.05) is 13.1 Å². The van der Waals surface area contributed by atoms with Crippen LogP contribution in [0.5, 0.6) is 0 Å². The predicted octanol–water partition coefficient (Wildman–Crippen LogP) is 0.972. The van der Waals surface area contributed by atoms with Crippen LogP contribution < -0.4 is 0 Å². The van der Waals surface area contributed by atoms with Gasteiger partial charge in [0.25, 0.3) is 0 Å². The molecule has 0 bridgehead atoms. The molecular weight excluding hydrogens is 265 g/mol. The molecule has 2 aliphatic rings. The highest BCUT2D eigenvalue weighted by atomic mass is 19.4. The van der Waals surface area contributed by atoms with Crippen LogP contribution in [0.25, 0.3) is 0 Å². The van der Waals surface area contributed by atoms with Crippen molar-refractivity contribution >= 4 is 11.9 Å². The van der Waals surface area contributed by atoms with Gasteiger partial charge in [-0.15, -0.1) is 0 Å². The van der Waals surface area contributed by atoms with Crippen molar-refractivity contribution in [3.63, 3.8) is 0 Å². The number of aliphatic hydroxyl groups excluding tert-OH is 1. The third-order valence-electron chi connectivity index (χ3n) is 3.82. The Hall–Kier alpha value is -1.31. The van der Waals surface area contributed by atoms with Crippen LogP contribution >= 0.6 is 0 Å². The fraction of sp³-hybridized carbons (Fsp3) is 0.818. The van der Waals surface area contributed by atoms with Crippen LogP contribution in [0.1, 0.15) is 19.3 Å². The van der Waals surface area contributed by atoms with E-state index in [2.05, 4.69) is 0 Å². The average Bonchev–Trinajstić information content (AvgIpc) is 2.55. The van der Waals surface area contributed by atoms with Crippen LogP contribution in [-0.2, 0) is 4.79 Å². The highest BCUT2D eigenvalue weighted by Crippen LogP contribution is 2.41. The van der Waals surface area contributed by atoms with E-state index in [-0.39, 0.29) is 25.8 Å². The lowest BCUT2D eigenvalue weighted by atomic mass is 9.81. The normalized spacial score (nSPS) is 33.2. The first-order valence-corrected chi connectivity index (χ1v) is 6.03. The Morgan fingerprint density at radius 2 is 1.89 bits per heavy atom.